The predicted octanol–water partition coefficient (Wildman–Crippen LogP) is -0.162. The molecule has 4 nitrogen and oxygen atoms in total. The van der Waals surface area contributed by atoms with E-state index in [0.29, 0.717) is 0 Å². The minimum Gasteiger partial charge on any atom is -0.369 e. The highest BCUT2D eigenvalue weighted by Gasteiger charge is 2.31. The highest BCUT2D eigenvalue weighted by Crippen LogP contribution is 2.15. The van der Waals surface area contributed by atoms with Crippen LogP contribution in [0.2, 0.25) is 0 Å². The fourth-order valence-electron chi connectivity index (χ4n) is 1.91. The summed E-state index contributed by atoms with van der Waals surface area (Å²) in [4.78, 5) is 11.2. The van der Waals surface area contributed by atoms with Crippen molar-refractivity contribution < 1.29 is 4.79 Å². The van der Waals surface area contributed by atoms with Crippen molar-refractivity contribution in [1.29, 1.82) is 0 Å². The van der Waals surface area contributed by atoms with Gasteiger partial charge in [-0.2, -0.15) is 0 Å². The van der Waals surface area contributed by atoms with Gasteiger partial charge < -0.3 is 16.4 Å². The molecule has 1 fully saturated rings. The van der Waals surface area contributed by atoms with Crippen molar-refractivity contribution >= 4 is 5.91 Å². The van der Waals surface area contributed by atoms with Gasteiger partial charge in [0.25, 0.3) is 0 Å². The van der Waals surface area contributed by atoms with Gasteiger partial charge in [0.2, 0.25) is 5.91 Å². The molecule has 4 N–H and O–H groups in total. The molecule has 1 heterocycles. The van der Waals surface area contributed by atoms with Gasteiger partial charge in [-0.3, -0.25) is 4.79 Å². The van der Waals surface area contributed by atoms with Gasteiger partial charge in [-0.15, -0.1) is 0 Å². The van der Waals surface area contributed by atoms with Crippen LogP contribution in [-0.2, 0) is 4.79 Å². The maximum atomic E-state index is 11.2. The Morgan fingerprint density at radius 1 is 1.50 bits per heavy atom. The smallest absolute Gasteiger partial charge is 0.222 e. The predicted molar refractivity (Wildman–Crippen MR) is 56.8 cm³/mol. The molecule has 0 bridgehead atoms. The maximum absolute atomic E-state index is 11.2. The van der Waals surface area contributed by atoms with E-state index in [-0.39, 0.29) is 23.4 Å². The van der Waals surface area contributed by atoms with E-state index in [9.17, 15) is 4.79 Å². The summed E-state index contributed by atoms with van der Waals surface area (Å²) in [6.45, 7) is 8.00. The molecular weight excluding hydrogens is 178 g/mol. The highest BCUT2D eigenvalue weighted by atomic mass is 16.1. The lowest BCUT2D eigenvalue weighted by Gasteiger charge is -2.36. The quantitative estimate of drug-likeness (QED) is 0.579. The van der Waals surface area contributed by atoms with Crippen molar-refractivity contribution in [2.75, 3.05) is 13.1 Å². The molecule has 1 aliphatic rings. The summed E-state index contributed by atoms with van der Waals surface area (Å²) in [6.07, 6.45) is 0.836. The molecule has 0 aliphatic carbocycles. The van der Waals surface area contributed by atoms with E-state index in [4.69, 9.17) is 5.73 Å². The van der Waals surface area contributed by atoms with Gasteiger partial charge in [-0.1, -0.05) is 0 Å². The molecule has 0 radical (unpaired) electrons. The molecule has 0 saturated carbocycles. The van der Waals surface area contributed by atoms with Crippen molar-refractivity contribution in [3.8, 4) is 0 Å². The average Bonchev–Trinajstić information content (AvgIpc) is 2.01. The molecule has 0 aromatic rings. The summed E-state index contributed by atoms with van der Waals surface area (Å²) in [7, 11) is 0. The number of hydrogen-bond donors (Lipinski definition) is 3. The molecule has 1 saturated heterocycles. The minimum absolute atomic E-state index is 0.0252. The summed E-state index contributed by atoms with van der Waals surface area (Å²) in [5, 5.41) is 6.70. The Hall–Kier alpha value is -0.610. The molecule has 0 aromatic carbocycles. The molecule has 4 heteroatoms. The lowest BCUT2D eigenvalue weighted by Crippen LogP contribution is -2.57. The zero-order valence-corrected chi connectivity index (χ0v) is 9.26. The first-order valence-electron chi connectivity index (χ1n) is 5.18. The van der Waals surface area contributed by atoms with Crippen molar-refractivity contribution in [2.24, 2.45) is 11.7 Å². The number of amides is 1. The van der Waals surface area contributed by atoms with Gasteiger partial charge in [0.05, 0.1) is 5.92 Å². The van der Waals surface area contributed by atoms with Crippen LogP contribution in [0.5, 0.6) is 0 Å². The summed E-state index contributed by atoms with van der Waals surface area (Å²) >= 11 is 0. The zero-order chi connectivity index (χ0) is 10.8. The third-order valence-corrected chi connectivity index (χ3v) is 2.47. The first kappa shape index (κ1) is 11.5. The van der Waals surface area contributed by atoms with Crippen molar-refractivity contribution in [1.82, 2.24) is 10.6 Å². The Morgan fingerprint density at radius 3 is 2.64 bits per heavy atom. The lowest BCUT2D eigenvalue weighted by atomic mass is 9.90. The third-order valence-electron chi connectivity index (χ3n) is 2.47. The Labute approximate surface area is 85.6 Å². The summed E-state index contributed by atoms with van der Waals surface area (Å²) in [5.74, 6) is -0.219. The number of nitrogens with one attached hydrogen (secondary N) is 2. The van der Waals surface area contributed by atoms with E-state index in [2.05, 4.69) is 31.4 Å². The van der Waals surface area contributed by atoms with Crippen LogP contribution >= 0.6 is 0 Å². The molecule has 14 heavy (non-hydrogen) atoms. The minimum atomic E-state index is -0.187. The first-order chi connectivity index (χ1) is 6.40. The van der Waals surface area contributed by atoms with Crippen molar-refractivity contribution in [3.05, 3.63) is 0 Å². The number of piperidine rings is 1. The van der Waals surface area contributed by atoms with Crippen LogP contribution in [0.25, 0.3) is 0 Å². The standard InChI is InChI=1S/C10H21N3O/c1-10(2,3)13-8-6-12-5-4-7(8)9(11)14/h7-8,12-13H,4-6H2,1-3H3,(H2,11,14). The van der Waals surface area contributed by atoms with E-state index in [1.54, 1.807) is 0 Å². The van der Waals surface area contributed by atoms with E-state index in [1.165, 1.54) is 0 Å². The molecule has 2 atom stereocenters. The van der Waals surface area contributed by atoms with Crippen LogP contribution in [0.4, 0.5) is 0 Å². The fourth-order valence-corrected chi connectivity index (χ4v) is 1.91. The van der Waals surface area contributed by atoms with Gasteiger partial charge >= 0.3 is 0 Å². The number of hydrogen-bond acceptors (Lipinski definition) is 3. The fraction of sp³-hybridized carbons (Fsp3) is 0.900. The lowest BCUT2D eigenvalue weighted by molar-refractivity contribution is -0.123. The van der Waals surface area contributed by atoms with Crippen LogP contribution in [0, 0.1) is 5.92 Å². The molecule has 1 aliphatic heterocycles. The molecule has 2 unspecified atom stereocenters. The van der Waals surface area contributed by atoms with E-state index >= 15 is 0 Å². The van der Waals surface area contributed by atoms with Crippen molar-refractivity contribution in [3.63, 3.8) is 0 Å². The van der Waals surface area contributed by atoms with Crippen molar-refractivity contribution in [2.45, 2.75) is 38.8 Å². The van der Waals surface area contributed by atoms with Crippen LogP contribution in [0.1, 0.15) is 27.2 Å². The largest absolute Gasteiger partial charge is 0.369 e. The number of carbonyl (C=O) groups is 1. The second kappa shape index (κ2) is 4.28. The number of nitrogens with two attached hydrogens (primary N) is 1. The van der Waals surface area contributed by atoms with Crippen LogP contribution in [0.15, 0.2) is 0 Å². The van der Waals surface area contributed by atoms with Gasteiger partial charge in [-0.25, -0.2) is 0 Å². The van der Waals surface area contributed by atoms with E-state index in [0.717, 1.165) is 19.5 Å². The molecular formula is C10H21N3O. The van der Waals surface area contributed by atoms with Crippen LogP contribution in [-0.4, -0.2) is 30.6 Å². The topological polar surface area (TPSA) is 67.2 Å². The van der Waals surface area contributed by atoms with Crippen LogP contribution in [0.3, 0.4) is 0 Å². The summed E-state index contributed by atoms with van der Waals surface area (Å²) in [6, 6.07) is 0.168. The molecule has 82 valence electrons. The highest BCUT2D eigenvalue weighted by molar-refractivity contribution is 5.77. The Bertz CT molecular complexity index is 210. The molecule has 1 amide bonds. The van der Waals surface area contributed by atoms with E-state index in [1.807, 2.05) is 0 Å². The molecule has 1 rings (SSSR count). The van der Waals surface area contributed by atoms with Crippen LogP contribution < -0.4 is 16.4 Å². The third kappa shape index (κ3) is 3.27. The summed E-state index contributed by atoms with van der Waals surface area (Å²) < 4.78 is 0. The normalized spacial score (nSPS) is 28.8. The number of carbonyl (C=O) groups excluding carboxylic acids is 1. The number of rotatable bonds is 2. The van der Waals surface area contributed by atoms with Gasteiger partial charge in [0, 0.05) is 18.1 Å². The van der Waals surface area contributed by atoms with E-state index < -0.39 is 0 Å². The number of primary amides is 1. The Morgan fingerprint density at radius 2 is 2.14 bits per heavy atom. The maximum Gasteiger partial charge on any atom is 0.222 e. The zero-order valence-electron chi connectivity index (χ0n) is 9.26. The Kier molecular flexibility index (Phi) is 3.50. The monoisotopic (exact) mass is 199 g/mol. The second-order valence-electron chi connectivity index (χ2n) is 5.00. The second-order valence-corrected chi connectivity index (χ2v) is 5.00. The SMILES string of the molecule is CC(C)(C)NC1CNCCC1C(N)=O. The van der Waals surface area contributed by atoms with Gasteiger partial charge in [-0.05, 0) is 33.7 Å². The van der Waals surface area contributed by atoms with Gasteiger partial charge in [0.1, 0.15) is 0 Å². The molecule has 0 aromatic heterocycles. The molecule has 0 spiro atoms. The average molecular weight is 199 g/mol. The summed E-state index contributed by atoms with van der Waals surface area (Å²) in [5.41, 5.74) is 5.39. The Balaban J connectivity index is 2.59. The first-order valence-corrected chi connectivity index (χ1v) is 5.18. The van der Waals surface area contributed by atoms with Gasteiger partial charge in [0.15, 0.2) is 0 Å².